The molecule has 0 fully saturated rings. The molecule has 0 radical (unpaired) electrons. The van der Waals surface area contributed by atoms with Gasteiger partial charge in [0.25, 0.3) is 0 Å². The quantitative estimate of drug-likeness (QED) is 0.633. The van der Waals surface area contributed by atoms with Crippen molar-refractivity contribution in [3.63, 3.8) is 0 Å². The van der Waals surface area contributed by atoms with Gasteiger partial charge in [-0.3, -0.25) is 0 Å². The molecule has 4 nitrogen and oxygen atoms in total. The second kappa shape index (κ2) is 7.23. The second-order valence-corrected chi connectivity index (χ2v) is 7.53. The molecule has 1 aromatic heterocycles. The first-order chi connectivity index (χ1) is 11.9. The first-order valence-corrected chi connectivity index (χ1v) is 9.01. The van der Waals surface area contributed by atoms with Crippen molar-refractivity contribution in [1.29, 1.82) is 0 Å². The van der Waals surface area contributed by atoms with Crippen molar-refractivity contribution in [2.75, 3.05) is 6.54 Å². The molecule has 1 aromatic carbocycles. The van der Waals surface area contributed by atoms with Gasteiger partial charge in [0, 0.05) is 35.1 Å². The van der Waals surface area contributed by atoms with Gasteiger partial charge in [0.2, 0.25) is 0 Å². The summed E-state index contributed by atoms with van der Waals surface area (Å²) in [6.45, 7) is 6.04. The fourth-order valence-electron chi connectivity index (χ4n) is 3.19. The van der Waals surface area contributed by atoms with Crippen LogP contribution in [-0.2, 0) is 17.6 Å². The van der Waals surface area contributed by atoms with Crippen LogP contribution in [0.5, 0.6) is 0 Å². The molecule has 25 heavy (non-hydrogen) atoms. The highest BCUT2D eigenvalue weighted by Crippen LogP contribution is 2.29. The molecule has 1 aliphatic carbocycles. The molecule has 0 spiro atoms. The minimum Gasteiger partial charge on any atom is -0.444 e. The Morgan fingerprint density at radius 1 is 1.28 bits per heavy atom. The lowest BCUT2D eigenvalue weighted by atomic mass is 9.95. The number of aryl methyl sites for hydroxylation is 2. The summed E-state index contributed by atoms with van der Waals surface area (Å²) in [7, 11) is 0. The summed E-state index contributed by atoms with van der Waals surface area (Å²) in [5.41, 5.74) is 4.63. The Bertz CT molecular complexity index is 831. The summed E-state index contributed by atoms with van der Waals surface area (Å²) in [5.74, 6) is 6.33. The molecule has 1 heterocycles. The standard InChI is InChI=1S/C21H26N2O2/c1-21(2,3)25-20(24)22-13-7-6-8-15-11-12-19-17(14-15)16-9-4-5-10-18(16)23-19/h11-12,14,23H,4-5,7,9-10,13H2,1-3H3,(H,22,24). The number of benzene rings is 1. The molecule has 2 aromatic rings. The molecule has 0 atom stereocenters. The molecule has 1 aliphatic rings. The van der Waals surface area contributed by atoms with E-state index in [2.05, 4.69) is 40.3 Å². The van der Waals surface area contributed by atoms with Crippen molar-refractivity contribution < 1.29 is 9.53 Å². The highest BCUT2D eigenvalue weighted by atomic mass is 16.6. The molecule has 0 bridgehead atoms. The number of alkyl carbamates (subject to hydrolysis) is 1. The maximum Gasteiger partial charge on any atom is 0.407 e. The van der Waals surface area contributed by atoms with E-state index in [9.17, 15) is 4.79 Å². The Balaban J connectivity index is 1.59. The highest BCUT2D eigenvalue weighted by molar-refractivity contribution is 5.86. The molecule has 0 aliphatic heterocycles. The smallest absolute Gasteiger partial charge is 0.407 e. The maximum atomic E-state index is 11.6. The van der Waals surface area contributed by atoms with Crippen molar-refractivity contribution in [2.45, 2.75) is 58.5 Å². The monoisotopic (exact) mass is 338 g/mol. The van der Waals surface area contributed by atoms with Crippen molar-refractivity contribution in [1.82, 2.24) is 10.3 Å². The van der Waals surface area contributed by atoms with Gasteiger partial charge in [-0.1, -0.05) is 11.8 Å². The summed E-state index contributed by atoms with van der Waals surface area (Å²) >= 11 is 0. The van der Waals surface area contributed by atoms with Gasteiger partial charge in [-0.25, -0.2) is 4.79 Å². The number of fused-ring (bicyclic) bond motifs is 3. The van der Waals surface area contributed by atoms with Crippen LogP contribution in [0.1, 0.15) is 56.9 Å². The van der Waals surface area contributed by atoms with E-state index in [1.54, 1.807) is 0 Å². The third kappa shape index (κ3) is 4.57. The third-order valence-corrected chi connectivity index (χ3v) is 4.25. The number of hydrogen-bond acceptors (Lipinski definition) is 2. The Kier molecular flexibility index (Phi) is 5.03. The molecule has 2 N–H and O–H groups in total. The van der Waals surface area contributed by atoms with Gasteiger partial charge in [-0.15, -0.1) is 0 Å². The van der Waals surface area contributed by atoms with Gasteiger partial charge < -0.3 is 15.0 Å². The zero-order valence-electron chi connectivity index (χ0n) is 15.3. The number of H-pyrrole nitrogens is 1. The Hall–Kier alpha value is -2.41. The van der Waals surface area contributed by atoms with Crippen LogP contribution >= 0.6 is 0 Å². The molecule has 132 valence electrons. The van der Waals surface area contributed by atoms with Gasteiger partial charge in [0.05, 0.1) is 0 Å². The van der Waals surface area contributed by atoms with E-state index in [0.717, 1.165) is 18.4 Å². The normalized spacial score (nSPS) is 13.7. The number of ether oxygens (including phenoxy) is 1. The van der Waals surface area contributed by atoms with Gasteiger partial charge in [-0.05, 0) is 70.2 Å². The highest BCUT2D eigenvalue weighted by Gasteiger charge is 2.16. The number of aromatic nitrogens is 1. The van der Waals surface area contributed by atoms with E-state index in [1.807, 2.05) is 20.8 Å². The fourth-order valence-corrected chi connectivity index (χ4v) is 3.19. The van der Waals surface area contributed by atoms with Crippen LogP contribution in [0.15, 0.2) is 18.2 Å². The minimum atomic E-state index is -0.471. The molecule has 0 saturated carbocycles. The summed E-state index contributed by atoms with van der Waals surface area (Å²) in [6, 6.07) is 6.36. The second-order valence-electron chi connectivity index (χ2n) is 7.53. The number of rotatable bonds is 2. The lowest BCUT2D eigenvalue weighted by Gasteiger charge is -2.19. The number of carbonyl (C=O) groups is 1. The predicted octanol–water partition coefficient (Wildman–Crippen LogP) is 4.31. The molecule has 3 rings (SSSR count). The Labute approximate surface area is 149 Å². The first kappa shape index (κ1) is 17.4. The van der Waals surface area contributed by atoms with E-state index >= 15 is 0 Å². The van der Waals surface area contributed by atoms with Crippen LogP contribution in [0.2, 0.25) is 0 Å². The van der Waals surface area contributed by atoms with Crippen LogP contribution in [0.4, 0.5) is 4.79 Å². The molecule has 4 heteroatoms. The molecule has 0 saturated heterocycles. The largest absolute Gasteiger partial charge is 0.444 e. The van der Waals surface area contributed by atoms with Crippen molar-refractivity contribution in [3.05, 3.63) is 35.0 Å². The van der Waals surface area contributed by atoms with Gasteiger partial charge in [0.1, 0.15) is 5.60 Å². The van der Waals surface area contributed by atoms with E-state index in [1.165, 1.54) is 35.0 Å². The SMILES string of the molecule is CC(C)(C)OC(=O)NCCC#Cc1ccc2[nH]c3c(c2c1)CCCC3. The zero-order valence-corrected chi connectivity index (χ0v) is 15.3. The summed E-state index contributed by atoms with van der Waals surface area (Å²) in [4.78, 5) is 15.1. The van der Waals surface area contributed by atoms with E-state index in [4.69, 9.17) is 4.74 Å². The summed E-state index contributed by atoms with van der Waals surface area (Å²) < 4.78 is 5.19. The predicted molar refractivity (Wildman–Crippen MR) is 101 cm³/mol. The Morgan fingerprint density at radius 2 is 2.08 bits per heavy atom. The lowest BCUT2D eigenvalue weighted by molar-refractivity contribution is 0.0529. The average molecular weight is 338 g/mol. The molecule has 1 amide bonds. The van der Waals surface area contributed by atoms with E-state index in [-0.39, 0.29) is 0 Å². The van der Waals surface area contributed by atoms with Gasteiger partial charge >= 0.3 is 6.09 Å². The number of nitrogens with one attached hydrogen (secondary N) is 2. The van der Waals surface area contributed by atoms with Crippen molar-refractivity contribution >= 4 is 17.0 Å². The van der Waals surface area contributed by atoms with Crippen LogP contribution in [0.3, 0.4) is 0 Å². The summed E-state index contributed by atoms with van der Waals surface area (Å²) in [6.07, 6.45) is 5.06. The first-order valence-electron chi connectivity index (χ1n) is 9.01. The van der Waals surface area contributed by atoms with Crippen molar-refractivity contribution in [3.8, 4) is 11.8 Å². The topological polar surface area (TPSA) is 54.1 Å². The number of aromatic amines is 1. The van der Waals surface area contributed by atoms with Gasteiger partial charge in [0.15, 0.2) is 0 Å². The number of amides is 1. The molecule has 0 unspecified atom stereocenters. The lowest BCUT2D eigenvalue weighted by Crippen LogP contribution is -2.32. The van der Waals surface area contributed by atoms with E-state index in [0.29, 0.717) is 13.0 Å². The van der Waals surface area contributed by atoms with Crippen LogP contribution in [-0.4, -0.2) is 23.2 Å². The van der Waals surface area contributed by atoms with E-state index < -0.39 is 11.7 Å². The Morgan fingerprint density at radius 3 is 2.88 bits per heavy atom. The fraction of sp³-hybridized carbons (Fsp3) is 0.476. The zero-order chi connectivity index (χ0) is 17.9. The van der Waals surface area contributed by atoms with Crippen molar-refractivity contribution in [2.24, 2.45) is 0 Å². The summed E-state index contributed by atoms with van der Waals surface area (Å²) in [5, 5.41) is 4.04. The third-order valence-electron chi connectivity index (χ3n) is 4.25. The minimum absolute atomic E-state index is 0.394. The van der Waals surface area contributed by atoms with Crippen LogP contribution in [0.25, 0.3) is 10.9 Å². The van der Waals surface area contributed by atoms with Gasteiger partial charge in [-0.2, -0.15) is 0 Å². The molecular formula is C21H26N2O2. The number of hydrogen-bond donors (Lipinski definition) is 2. The molecular weight excluding hydrogens is 312 g/mol. The van der Waals surface area contributed by atoms with Crippen LogP contribution < -0.4 is 5.32 Å². The average Bonchev–Trinajstić information content (AvgIpc) is 2.91. The maximum absolute atomic E-state index is 11.6. The number of carbonyl (C=O) groups excluding carboxylic acids is 1. The van der Waals surface area contributed by atoms with Crippen LogP contribution in [0, 0.1) is 11.8 Å².